The molecule has 2 aliphatic heterocycles. The van der Waals surface area contributed by atoms with Gasteiger partial charge in [-0.1, -0.05) is 0 Å². The summed E-state index contributed by atoms with van der Waals surface area (Å²) < 4.78 is 7.57. The molecule has 0 radical (unpaired) electrons. The molecule has 4 unspecified atom stereocenters. The highest BCUT2D eigenvalue weighted by molar-refractivity contribution is 7.37. The molecular formula is C17H21NOS2. The van der Waals surface area contributed by atoms with E-state index in [1.165, 1.54) is 46.4 Å². The summed E-state index contributed by atoms with van der Waals surface area (Å²) in [5, 5.41) is 7.59. The van der Waals surface area contributed by atoms with Gasteiger partial charge in [-0.25, -0.2) is 0 Å². The second kappa shape index (κ2) is 4.79. The Bertz CT molecular complexity index is 616. The predicted octanol–water partition coefficient (Wildman–Crippen LogP) is 4.40. The molecule has 0 amide bonds. The molecule has 4 atom stereocenters. The topological polar surface area (TPSA) is 21.3 Å². The average Bonchev–Trinajstić information content (AvgIpc) is 2.97. The number of hydrogen-bond donors (Lipinski definition) is 1. The summed E-state index contributed by atoms with van der Waals surface area (Å²) in [5.74, 6) is 1.71. The fourth-order valence-electron chi connectivity index (χ4n) is 4.99. The van der Waals surface area contributed by atoms with E-state index in [0.29, 0.717) is 11.6 Å². The third kappa shape index (κ3) is 2.27. The Balaban J connectivity index is 1.36. The van der Waals surface area contributed by atoms with Gasteiger partial charge in [0.15, 0.2) is 0 Å². The molecule has 4 aliphatic rings. The molecule has 112 valence electrons. The minimum absolute atomic E-state index is 0.365. The van der Waals surface area contributed by atoms with Gasteiger partial charge in [0, 0.05) is 29.0 Å². The van der Waals surface area contributed by atoms with Gasteiger partial charge in [0.2, 0.25) is 0 Å². The molecule has 2 aliphatic carbocycles. The molecule has 4 bridgehead atoms. The Morgan fingerprint density at radius 1 is 1.24 bits per heavy atom. The van der Waals surface area contributed by atoms with E-state index in [1.54, 1.807) is 0 Å². The fourth-order valence-corrected chi connectivity index (χ4v) is 7.08. The molecule has 4 heteroatoms. The Hall–Kier alpha value is -0.420. The minimum atomic E-state index is 0.365. The van der Waals surface area contributed by atoms with E-state index >= 15 is 0 Å². The summed E-state index contributed by atoms with van der Waals surface area (Å²) in [5.41, 5.74) is 0.365. The monoisotopic (exact) mass is 319 g/mol. The van der Waals surface area contributed by atoms with Gasteiger partial charge in [-0.05, 0) is 61.5 Å². The summed E-state index contributed by atoms with van der Waals surface area (Å²) in [7, 11) is 0. The molecule has 21 heavy (non-hydrogen) atoms. The third-order valence-corrected chi connectivity index (χ3v) is 7.85. The number of fused-ring (bicyclic) bond motifs is 2. The maximum absolute atomic E-state index is 6.10. The van der Waals surface area contributed by atoms with Crippen molar-refractivity contribution in [3.63, 3.8) is 0 Å². The van der Waals surface area contributed by atoms with Crippen LogP contribution in [-0.4, -0.2) is 18.2 Å². The van der Waals surface area contributed by atoms with Gasteiger partial charge in [0.05, 0.1) is 10.1 Å². The van der Waals surface area contributed by atoms with Gasteiger partial charge in [-0.3, -0.25) is 0 Å². The van der Waals surface area contributed by atoms with Gasteiger partial charge >= 0.3 is 0 Å². The fraction of sp³-hybridized carbons (Fsp3) is 0.647. The van der Waals surface area contributed by atoms with Crippen LogP contribution in [0, 0.1) is 11.8 Å². The highest BCUT2D eigenvalue weighted by atomic mass is 32.2. The zero-order valence-corrected chi connectivity index (χ0v) is 13.8. The lowest BCUT2D eigenvalue weighted by Gasteiger charge is -2.48. The van der Waals surface area contributed by atoms with Gasteiger partial charge in [0.1, 0.15) is 0 Å². The molecule has 0 aromatic carbocycles. The summed E-state index contributed by atoms with van der Waals surface area (Å²) in [6, 6.07) is 4.61. The van der Waals surface area contributed by atoms with Gasteiger partial charge in [-0.2, -0.15) is 0 Å². The van der Waals surface area contributed by atoms with Crippen LogP contribution in [-0.2, 0) is 11.3 Å². The van der Waals surface area contributed by atoms with E-state index in [-0.39, 0.29) is 0 Å². The average molecular weight is 319 g/mol. The van der Waals surface area contributed by atoms with Crippen molar-refractivity contribution in [3.8, 4) is 0 Å². The van der Waals surface area contributed by atoms with Crippen molar-refractivity contribution in [2.45, 2.75) is 50.3 Å². The molecule has 2 aromatic rings. The van der Waals surface area contributed by atoms with Crippen LogP contribution in [0.1, 0.15) is 37.0 Å². The van der Waals surface area contributed by atoms with Crippen LogP contribution in [0.3, 0.4) is 0 Å². The maximum Gasteiger partial charge on any atom is 0.0868 e. The first-order chi connectivity index (χ1) is 10.3. The van der Waals surface area contributed by atoms with Gasteiger partial charge in [-0.15, -0.1) is 22.7 Å². The number of ether oxygens (including phenoxy) is 1. The van der Waals surface area contributed by atoms with E-state index in [4.69, 9.17) is 4.74 Å². The molecule has 6 rings (SSSR count). The van der Waals surface area contributed by atoms with Crippen molar-refractivity contribution in [3.05, 3.63) is 22.4 Å². The number of thiophene rings is 2. The van der Waals surface area contributed by atoms with Crippen LogP contribution < -0.4 is 5.32 Å². The molecular weight excluding hydrogens is 298 g/mol. The Morgan fingerprint density at radius 2 is 2.19 bits per heavy atom. The molecule has 2 saturated heterocycles. The van der Waals surface area contributed by atoms with Crippen LogP contribution >= 0.6 is 22.7 Å². The van der Waals surface area contributed by atoms with Crippen molar-refractivity contribution in [2.75, 3.05) is 6.61 Å². The van der Waals surface area contributed by atoms with E-state index in [9.17, 15) is 0 Å². The first-order valence-electron chi connectivity index (χ1n) is 8.11. The van der Waals surface area contributed by atoms with Gasteiger partial charge in [0.25, 0.3) is 0 Å². The lowest BCUT2D eigenvalue weighted by atomic mass is 9.64. The van der Waals surface area contributed by atoms with E-state index in [2.05, 4.69) is 22.8 Å². The SMILES string of the molecule is c1cc2cc(CNC34CC5COC(CC(C5)C3)C4)sc2s1. The highest BCUT2D eigenvalue weighted by Gasteiger charge is 2.48. The number of hydrogen-bond acceptors (Lipinski definition) is 4. The summed E-state index contributed by atoms with van der Waals surface area (Å²) in [6.07, 6.45) is 7.20. The molecule has 2 nitrogen and oxygen atoms in total. The van der Waals surface area contributed by atoms with Crippen LogP contribution in [0.25, 0.3) is 9.40 Å². The maximum atomic E-state index is 6.10. The van der Waals surface area contributed by atoms with Crippen molar-refractivity contribution in [2.24, 2.45) is 11.8 Å². The zero-order valence-electron chi connectivity index (χ0n) is 12.1. The largest absolute Gasteiger partial charge is 0.378 e. The molecule has 4 heterocycles. The predicted molar refractivity (Wildman–Crippen MR) is 89.1 cm³/mol. The van der Waals surface area contributed by atoms with Crippen LogP contribution in [0.5, 0.6) is 0 Å². The van der Waals surface area contributed by atoms with Crippen LogP contribution in [0.4, 0.5) is 0 Å². The molecule has 4 fully saturated rings. The van der Waals surface area contributed by atoms with E-state index in [1.807, 2.05) is 22.7 Å². The second-order valence-corrected chi connectivity index (χ2v) is 9.59. The summed E-state index contributed by atoms with van der Waals surface area (Å²) in [6.45, 7) is 2.05. The summed E-state index contributed by atoms with van der Waals surface area (Å²) >= 11 is 3.83. The van der Waals surface area contributed by atoms with Crippen molar-refractivity contribution in [1.82, 2.24) is 5.32 Å². The smallest absolute Gasteiger partial charge is 0.0868 e. The molecule has 2 aromatic heterocycles. The first-order valence-corrected chi connectivity index (χ1v) is 9.80. The first kappa shape index (κ1) is 13.1. The molecule has 1 N–H and O–H groups in total. The van der Waals surface area contributed by atoms with Gasteiger partial charge < -0.3 is 10.1 Å². The molecule has 0 spiro atoms. The minimum Gasteiger partial charge on any atom is -0.378 e. The van der Waals surface area contributed by atoms with Crippen molar-refractivity contribution in [1.29, 1.82) is 0 Å². The second-order valence-electron chi connectivity index (χ2n) is 7.28. The number of nitrogens with one attached hydrogen (secondary N) is 1. The Morgan fingerprint density at radius 3 is 3.14 bits per heavy atom. The Kier molecular flexibility index (Phi) is 2.98. The highest BCUT2D eigenvalue weighted by Crippen LogP contribution is 2.49. The Labute approximate surface area is 133 Å². The normalized spacial score (nSPS) is 38.2. The van der Waals surface area contributed by atoms with E-state index < -0.39 is 0 Å². The quantitative estimate of drug-likeness (QED) is 0.905. The molecule has 2 saturated carbocycles. The van der Waals surface area contributed by atoms with Crippen molar-refractivity contribution < 1.29 is 4.74 Å². The van der Waals surface area contributed by atoms with Crippen LogP contribution in [0.15, 0.2) is 17.5 Å². The summed E-state index contributed by atoms with van der Waals surface area (Å²) in [4.78, 5) is 1.49. The number of rotatable bonds is 3. The third-order valence-electron chi connectivity index (χ3n) is 5.64. The van der Waals surface area contributed by atoms with Crippen molar-refractivity contribution >= 4 is 32.1 Å². The lowest BCUT2D eigenvalue weighted by Crippen LogP contribution is -2.54. The lowest BCUT2D eigenvalue weighted by molar-refractivity contribution is 0.0154. The van der Waals surface area contributed by atoms with Crippen LogP contribution in [0.2, 0.25) is 0 Å². The standard InChI is InChI=1S/C17H21NOS2/c1-2-20-16-13(1)5-15(21-16)9-18-17-6-11-3-12(7-17)10-19-14(4-11)8-17/h1-2,5,11-12,14,18H,3-4,6-10H2. The van der Waals surface area contributed by atoms with E-state index in [0.717, 1.165) is 25.0 Å². The zero-order chi connectivity index (χ0) is 13.9.